The summed E-state index contributed by atoms with van der Waals surface area (Å²) >= 11 is 0. The number of benzene rings is 2. The van der Waals surface area contributed by atoms with Crippen LogP contribution in [-0.4, -0.2) is 29.9 Å². The Balaban J connectivity index is 1.36. The lowest BCUT2D eigenvalue weighted by atomic mass is 9.59. The van der Waals surface area contributed by atoms with Crippen LogP contribution in [0.3, 0.4) is 0 Å². The SMILES string of the molecule is C[C@H]1[C@@H]2Cc3ccc(C(=O)NCc4ccccc4)cc3[C@@]1(C)CCN2CC1CC1. The molecule has 2 aromatic rings. The maximum absolute atomic E-state index is 12.8. The standard InChI is InChI=1S/C26H32N2O/c1-18-24-15-21-10-11-22(25(29)27-16-19-6-4-3-5-7-19)14-23(21)26(18,2)12-13-28(24)17-20-8-9-20/h3-7,10-11,14,18,20,24H,8-9,12-13,15-17H2,1-2H3,(H,27,29)/t18-,24-,26-/m0/s1. The normalized spacial score (nSPS) is 28.6. The third kappa shape index (κ3) is 3.50. The van der Waals surface area contributed by atoms with Crippen molar-refractivity contribution in [1.29, 1.82) is 0 Å². The predicted molar refractivity (Wildman–Crippen MR) is 117 cm³/mol. The maximum atomic E-state index is 12.8. The summed E-state index contributed by atoms with van der Waals surface area (Å²) in [5.74, 6) is 1.61. The third-order valence-electron chi connectivity index (χ3n) is 7.87. The number of nitrogens with zero attached hydrogens (tertiary/aromatic N) is 1. The Kier molecular flexibility index (Phi) is 4.74. The Morgan fingerprint density at radius 2 is 1.97 bits per heavy atom. The van der Waals surface area contributed by atoms with Crippen LogP contribution in [0.2, 0.25) is 0 Å². The Morgan fingerprint density at radius 3 is 2.72 bits per heavy atom. The second kappa shape index (κ2) is 7.28. The summed E-state index contributed by atoms with van der Waals surface area (Å²) in [4.78, 5) is 15.6. The van der Waals surface area contributed by atoms with Gasteiger partial charge in [-0.25, -0.2) is 0 Å². The number of fused-ring (bicyclic) bond motifs is 4. The Labute approximate surface area is 174 Å². The lowest BCUT2D eigenvalue weighted by Crippen LogP contribution is -2.58. The second-order valence-corrected chi connectivity index (χ2v) is 9.71. The first-order valence-corrected chi connectivity index (χ1v) is 11.2. The van der Waals surface area contributed by atoms with Crippen LogP contribution in [0.15, 0.2) is 48.5 Å². The zero-order chi connectivity index (χ0) is 20.0. The molecule has 0 unspecified atom stereocenters. The quantitative estimate of drug-likeness (QED) is 0.815. The molecule has 3 nitrogen and oxygen atoms in total. The molecule has 3 atom stereocenters. The fourth-order valence-electron chi connectivity index (χ4n) is 5.59. The molecule has 1 N–H and O–H groups in total. The summed E-state index contributed by atoms with van der Waals surface area (Å²) in [7, 11) is 0. The summed E-state index contributed by atoms with van der Waals surface area (Å²) in [6.45, 7) is 7.94. The van der Waals surface area contributed by atoms with Crippen LogP contribution in [0.4, 0.5) is 0 Å². The molecule has 1 heterocycles. The van der Waals surface area contributed by atoms with Crippen LogP contribution in [0, 0.1) is 11.8 Å². The van der Waals surface area contributed by atoms with Crippen LogP contribution in [0.1, 0.15) is 60.2 Å². The van der Waals surface area contributed by atoms with Crippen molar-refractivity contribution in [2.75, 3.05) is 13.1 Å². The third-order valence-corrected chi connectivity index (χ3v) is 7.87. The van der Waals surface area contributed by atoms with Gasteiger partial charge in [0, 0.05) is 24.7 Å². The highest BCUT2D eigenvalue weighted by Gasteiger charge is 2.49. The van der Waals surface area contributed by atoms with Gasteiger partial charge in [-0.15, -0.1) is 0 Å². The smallest absolute Gasteiger partial charge is 0.251 e. The van der Waals surface area contributed by atoms with Crippen molar-refractivity contribution < 1.29 is 4.79 Å². The molecule has 1 saturated heterocycles. The van der Waals surface area contributed by atoms with E-state index >= 15 is 0 Å². The van der Waals surface area contributed by atoms with Crippen molar-refractivity contribution in [1.82, 2.24) is 10.2 Å². The topological polar surface area (TPSA) is 32.3 Å². The van der Waals surface area contributed by atoms with Crippen LogP contribution in [0.5, 0.6) is 0 Å². The first kappa shape index (κ1) is 18.9. The maximum Gasteiger partial charge on any atom is 0.251 e. The molecular formula is C26H32N2O. The number of carbonyl (C=O) groups excluding carboxylic acids is 1. The number of piperidine rings is 1. The van der Waals surface area contributed by atoms with Gasteiger partial charge in [0.25, 0.3) is 5.91 Å². The van der Waals surface area contributed by atoms with Crippen LogP contribution >= 0.6 is 0 Å². The van der Waals surface area contributed by atoms with E-state index in [9.17, 15) is 4.79 Å². The van der Waals surface area contributed by atoms with E-state index in [2.05, 4.69) is 36.2 Å². The van der Waals surface area contributed by atoms with E-state index in [-0.39, 0.29) is 11.3 Å². The largest absolute Gasteiger partial charge is 0.348 e. The minimum atomic E-state index is 0.0289. The second-order valence-electron chi connectivity index (χ2n) is 9.71. The van der Waals surface area contributed by atoms with Crippen molar-refractivity contribution >= 4 is 5.91 Å². The van der Waals surface area contributed by atoms with Crippen molar-refractivity contribution in [3.8, 4) is 0 Å². The number of likely N-dealkylation sites (tertiary alicyclic amines) is 1. The lowest BCUT2D eigenvalue weighted by Gasteiger charge is -2.55. The highest BCUT2D eigenvalue weighted by molar-refractivity contribution is 5.94. The summed E-state index contributed by atoms with van der Waals surface area (Å²) in [6.07, 6.45) is 5.17. The minimum Gasteiger partial charge on any atom is -0.348 e. The van der Waals surface area contributed by atoms with Gasteiger partial charge in [0.1, 0.15) is 0 Å². The fraction of sp³-hybridized carbons (Fsp3) is 0.500. The van der Waals surface area contributed by atoms with Crippen LogP contribution in [-0.2, 0) is 18.4 Å². The summed E-state index contributed by atoms with van der Waals surface area (Å²) in [5.41, 5.74) is 4.97. The van der Waals surface area contributed by atoms with E-state index in [4.69, 9.17) is 0 Å². The van der Waals surface area contributed by atoms with Crippen LogP contribution in [0.25, 0.3) is 0 Å². The van der Waals surface area contributed by atoms with Gasteiger partial charge in [0.15, 0.2) is 0 Å². The van der Waals surface area contributed by atoms with E-state index in [1.54, 1.807) is 0 Å². The fourth-order valence-corrected chi connectivity index (χ4v) is 5.59. The number of hydrogen-bond donors (Lipinski definition) is 1. The van der Waals surface area contributed by atoms with Gasteiger partial charge < -0.3 is 5.32 Å². The molecule has 1 saturated carbocycles. The van der Waals surface area contributed by atoms with Gasteiger partial charge in [0.05, 0.1) is 0 Å². The van der Waals surface area contributed by atoms with E-state index in [1.807, 2.05) is 36.4 Å². The van der Waals surface area contributed by atoms with Gasteiger partial charge >= 0.3 is 0 Å². The van der Waals surface area contributed by atoms with Gasteiger partial charge in [-0.05, 0) is 78.3 Å². The average Bonchev–Trinajstić information content (AvgIpc) is 3.56. The Hall–Kier alpha value is -2.13. The number of nitrogens with one attached hydrogen (secondary N) is 1. The van der Waals surface area contributed by atoms with Gasteiger partial charge in [-0.1, -0.05) is 50.2 Å². The summed E-state index contributed by atoms with van der Waals surface area (Å²) < 4.78 is 0. The molecule has 3 heteroatoms. The molecule has 29 heavy (non-hydrogen) atoms. The molecule has 2 fully saturated rings. The van der Waals surface area contributed by atoms with Gasteiger partial charge in [-0.3, -0.25) is 9.69 Å². The highest BCUT2D eigenvalue weighted by Crippen LogP contribution is 2.49. The molecule has 0 spiro atoms. The van der Waals surface area contributed by atoms with E-state index in [0.717, 1.165) is 23.5 Å². The van der Waals surface area contributed by atoms with Crippen molar-refractivity contribution in [2.24, 2.45) is 11.8 Å². The number of hydrogen-bond acceptors (Lipinski definition) is 2. The predicted octanol–water partition coefficient (Wildman–Crippen LogP) is 4.55. The summed E-state index contributed by atoms with van der Waals surface area (Å²) in [5, 5.41) is 3.09. The molecule has 152 valence electrons. The molecular weight excluding hydrogens is 356 g/mol. The first-order valence-electron chi connectivity index (χ1n) is 11.2. The number of carbonyl (C=O) groups is 1. The molecule has 3 aliphatic rings. The Morgan fingerprint density at radius 1 is 1.17 bits per heavy atom. The molecule has 0 radical (unpaired) electrons. The van der Waals surface area contributed by atoms with Crippen LogP contribution < -0.4 is 5.32 Å². The minimum absolute atomic E-state index is 0.0289. The van der Waals surface area contributed by atoms with Crippen molar-refractivity contribution in [3.63, 3.8) is 0 Å². The van der Waals surface area contributed by atoms with Crippen molar-refractivity contribution in [3.05, 3.63) is 70.8 Å². The highest BCUT2D eigenvalue weighted by atomic mass is 16.1. The molecule has 5 rings (SSSR count). The molecule has 2 aliphatic carbocycles. The van der Waals surface area contributed by atoms with E-state index in [0.29, 0.717) is 18.5 Å². The molecule has 2 bridgehead atoms. The van der Waals surface area contributed by atoms with Crippen molar-refractivity contribution in [2.45, 2.75) is 57.5 Å². The van der Waals surface area contributed by atoms with E-state index < -0.39 is 0 Å². The molecule has 1 amide bonds. The van der Waals surface area contributed by atoms with E-state index in [1.165, 1.54) is 43.5 Å². The van der Waals surface area contributed by atoms with Gasteiger partial charge in [0.2, 0.25) is 0 Å². The number of rotatable bonds is 5. The molecule has 0 aromatic heterocycles. The van der Waals surface area contributed by atoms with Gasteiger partial charge in [-0.2, -0.15) is 0 Å². The zero-order valence-corrected chi connectivity index (χ0v) is 17.7. The monoisotopic (exact) mass is 388 g/mol. The first-order chi connectivity index (χ1) is 14.0. The molecule has 2 aromatic carbocycles. The summed E-state index contributed by atoms with van der Waals surface area (Å²) in [6, 6.07) is 17.2. The number of amides is 1. The zero-order valence-electron chi connectivity index (χ0n) is 17.7. The lowest BCUT2D eigenvalue weighted by molar-refractivity contribution is 0.0284. The average molecular weight is 389 g/mol. The Bertz CT molecular complexity index is 904. The molecule has 1 aliphatic heterocycles.